The molecule has 0 rings (SSSR count). The van der Waals surface area contributed by atoms with E-state index in [0.717, 1.165) is 3.17 Å². The molecule has 0 bridgehead atoms. The van der Waals surface area contributed by atoms with Crippen LogP contribution in [0.4, 0.5) is 0 Å². The Kier molecular flexibility index (Phi) is 4.86. The van der Waals surface area contributed by atoms with E-state index in [9.17, 15) is 0 Å². The third kappa shape index (κ3) is 5.00. The number of hydrogen-bond donors (Lipinski definition) is 0. The first-order chi connectivity index (χ1) is 2.77. The van der Waals surface area contributed by atoms with Crippen LogP contribution in [-0.2, 0) is 0 Å². The van der Waals surface area contributed by atoms with Gasteiger partial charge in [0.05, 0.1) is 0 Å². The molecule has 1 heteroatoms. The molecule has 0 aliphatic carbocycles. The van der Waals surface area contributed by atoms with E-state index in [4.69, 9.17) is 0 Å². The van der Waals surface area contributed by atoms with Crippen molar-refractivity contribution in [2.45, 2.75) is 29.9 Å². The molecule has 6 heavy (non-hydrogen) atoms. The third-order valence-corrected chi connectivity index (χ3v) is 1.44. The van der Waals surface area contributed by atoms with E-state index in [1.165, 1.54) is 40.8 Å². The summed E-state index contributed by atoms with van der Waals surface area (Å²) in [5.74, 6) is 0. The Morgan fingerprint density at radius 3 is 2.17 bits per heavy atom. The Morgan fingerprint density at radius 1 is 1.67 bits per heavy atom. The Labute approximate surface area is 57.7 Å². The second-order valence-corrected chi connectivity index (χ2v) is 4.15. The molecular formula is C5H11Na. The molecule has 0 aromatic carbocycles. The summed E-state index contributed by atoms with van der Waals surface area (Å²) >= 11 is 1.38. The van der Waals surface area contributed by atoms with Crippen molar-refractivity contribution in [2.24, 2.45) is 0 Å². The topological polar surface area (TPSA) is 0 Å². The van der Waals surface area contributed by atoms with E-state index < -0.39 is 0 Å². The maximum absolute atomic E-state index is 2.32. The van der Waals surface area contributed by atoms with Crippen LogP contribution in [0.1, 0.15) is 26.7 Å². The average molecular weight is 94.1 g/mol. The first kappa shape index (κ1) is 7.00. The van der Waals surface area contributed by atoms with Crippen LogP contribution in [0.3, 0.4) is 0 Å². The fourth-order valence-corrected chi connectivity index (χ4v) is 1.15. The molecule has 0 saturated carbocycles. The van der Waals surface area contributed by atoms with Crippen LogP contribution in [0.5, 0.6) is 0 Å². The van der Waals surface area contributed by atoms with Crippen LogP contribution in [0.2, 0.25) is 3.17 Å². The normalized spacial score (nSPS) is 14.7. The van der Waals surface area contributed by atoms with Crippen LogP contribution >= 0.6 is 0 Å². The van der Waals surface area contributed by atoms with E-state index in [1.807, 2.05) is 0 Å². The standard InChI is InChI=1S/C5H11.Na/c1-3-5-4-2;/h3H,4-5H2,1-2H3;. The Balaban J connectivity index is 2.63. The zero-order chi connectivity index (χ0) is 4.99. The molecule has 0 nitrogen and oxygen atoms in total. The Morgan fingerprint density at radius 2 is 2.17 bits per heavy atom. The van der Waals surface area contributed by atoms with Gasteiger partial charge in [0, 0.05) is 0 Å². The first-order valence-electron chi connectivity index (χ1n) is 2.77. The predicted molar refractivity (Wildman–Crippen MR) is 30.1 cm³/mol. The van der Waals surface area contributed by atoms with E-state index in [2.05, 4.69) is 13.8 Å². The second-order valence-electron chi connectivity index (χ2n) is 2.18. The van der Waals surface area contributed by atoms with Gasteiger partial charge in [-0.3, -0.25) is 0 Å². The Hall–Kier alpha value is 1.00. The average Bonchev–Trinajstić information content (AvgIpc) is 1.35. The van der Waals surface area contributed by atoms with Gasteiger partial charge < -0.3 is 0 Å². The summed E-state index contributed by atoms with van der Waals surface area (Å²) in [5, 5.41) is 0. The third-order valence-electron chi connectivity index (χ3n) is 0.866. The predicted octanol–water partition coefficient (Wildman–Crippen LogP) is 1.76. The van der Waals surface area contributed by atoms with Crippen molar-refractivity contribution in [1.29, 1.82) is 0 Å². The molecule has 1 atom stereocenters. The minimum absolute atomic E-state index is 1.04. The van der Waals surface area contributed by atoms with Gasteiger partial charge >= 0.3 is 57.8 Å². The molecule has 0 aliphatic heterocycles. The zero-order valence-corrected chi connectivity index (χ0v) is 6.99. The zero-order valence-electron chi connectivity index (χ0n) is 4.99. The quantitative estimate of drug-likeness (QED) is 0.457. The molecule has 0 aliphatic rings. The van der Waals surface area contributed by atoms with Gasteiger partial charge in [0.2, 0.25) is 0 Å². The molecule has 0 amide bonds. The number of rotatable bonds is 2. The van der Waals surface area contributed by atoms with Crippen LogP contribution in [0.25, 0.3) is 0 Å². The van der Waals surface area contributed by atoms with E-state index in [0.29, 0.717) is 0 Å². The molecular weight excluding hydrogens is 83.0 g/mol. The van der Waals surface area contributed by atoms with Crippen molar-refractivity contribution < 1.29 is 0 Å². The molecule has 32 valence electrons. The van der Waals surface area contributed by atoms with Gasteiger partial charge in [-0.2, -0.15) is 0 Å². The molecule has 0 spiro atoms. The van der Waals surface area contributed by atoms with Crippen molar-refractivity contribution in [3.63, 3.8) is 0 Å². The molecule has 0 heterocycles. The minimum atomic E-state index is 1.04. The summed E-state index contributed by atoms with van der Waals surface area (Å²) in [6.07, 6.45) is 2.80. The summed E-state index contributed by atoms with van der Waals surface area (Å²) in [4.78, 5) is 0. The Bertz CT molecular complexity index is 25.1. The van der Waals surface area contributed by atoms with Gasteiger partial charge in [-0.15, -0.1) is 0 Å². The fourth-order valence-electron chi connectivity index (χ4n) is 0.577. The van der Waals surface area contributed by atoms with Gasteiger partial charge in [-0.05, 0) is 0 Å². The van der Waals surface area contributed by atoms with E-state index in [1.54, 1.807) is 0 Å². The van der Waals surface area contributed by atoms with Crippen LogP contribution in [-0.4, -0.2) is 27.9 Å². The van der Waals surface area contributed by atoms with Crippen molar-refractivity contribution >= 4 is 27.9 Å². The van der Waals surface area contributed by atoms with Crippen molar-refractivity contribution in [1.82, 2.24) is 0 Å². The van der Waals surface area contributed by atoms with Crippen molar-refractivity contribution in [2.75, 3.05) is 0 Å². The summed E-state index contributed by atoms with van der Waals surface area (Å²) in [7, 11) is 0. The van der Waals surface area contributed by atoms with Gasteiger partial charge in [0.25, 0.3) is 0 Å². The number of hydrogen-bond acceptors (Lipinski definition) is 0. The maximum atomic E-state index is 2.32. The SMILES string of the molecule is CCC[CH](C)[Na]. The molecule has 0 N–H and O–H groups in total. The first-order valence-corrected chi connectivity index (χ1v) is 3.92. The van der Waals surface area contributed by atoms with Crippen LogP contribution < -0.4 is 0 Å². The molecule has 0 aromatic heterocycles. The van der Waals surface area contributed by atoms with Crippen molar-refractivity contribution in [3.8, 4) is 0 Å². The molecule has 0 saturated heterocycles. The van der Waals surface area contributed by atoms with Gasteiger partial charge in [-0.1, -0.05) is 0 Å². The summed E-state index contributed by atoms with van der Waals surface area (Å²) in [6, 6.07) is 0. The summed E-state index contributed by atoms with van der Waals surface area (Å²) in [5.41, 5.74) is 0. The van der Waals surface area contributed by atoms with Crippen LogP contribution in [0, 0.1) is 0 Å². The summed E-state index contributed by atoms with van der Waals surface area (Å²) in [6.45, 7) is 4.56. The second kappa shape index (κ2) is 4.17. The fraction of sp³-hybridized carbons (Fsp3) is 1.00. The molecule has 0 fully saturated rings. The summed E-state index contributed by atoms with van der Waals surface area (Å²) < 4.78 is 1.04. The van der Waals surface area contributed by atoms with Gasteiger partial charge in [0.15, 0.2) is 0 Å². The van der Waals surface area contributed by atoms with Gasteiger partial charge in [0.1, 0.15) is 0 Å². The van der Waals surface area contributed by atoms with E-state index >= 15 is 0 Å². The van der Waals surface area contributed by atoms with E-state index in [-0.39, 0.29) is 0 Å². The molecule has 0 aromatic rings. The van der Waals surface area contributed by atoms with Gasteiger partial charge in [-0.25, -0.2) is 0 Å². The van der Waals surface area contributed by atoms with Crippen LogP contribution in [0.15, 0.2) is 0 Å². The molecule has 0 radical (unpaired) electrons. The monoisotopic (exact) mass is 94.1 g/mol. The van der Waals surface area contributed by atoms with Crippen molar-refractivity contribution in [3.05, 3.63) is 0 Å². The molecule has 1 unspecified atom stereocenters.